The fraction of sp³-hybridized carbons (Fsp3) is 0.875. The van der Waals surface area contributed by atoms with Crippen LogP contribution in [0.15, 0.2) is 0 Å². The van der Waals surface area contributed by atoms with E-state index in [1.165, 1.54) is 25.7 Å². The predicted octanol–water partition coefficient (Wildman–Crippen LogP) is 2.53. The molecule has 0 saturated carbocycles. The summed E-state index contributed by atoms with van der Waals surface area (Å²) in [6.07, 6.45) is 6.08. The molecule has 0 amide bonds. The van der Waals surface area contributed by atoms with Crippen molar-refractivity contribution in [3.63, 3.8) is 0 Å². The number of fused-ring (bicyclic) bond motifs is 2. The van der Waals surface area contributed by atoms with Crippen molar-refractivity contribution in [1.82, 2.24) is 20.1 Å². The third kappa shape index (κ3) is 3.17. The summed E-state index contributed by atoms with van der Waals surface area (Å²) < 4.78 is 13.4. The van der Waals surface area contributed by atoms with Crippen LogP contribution in [0.5, 0.6) is 0 Å². The minimum Gasteiger partial charge on any atom is -0.380 e. The Labute approximate surface area is 151 Å². The van der Waals surface area contributed by atoms with Gasteiger partial charge in [0.05, 0.1) is 19.8 Å². The summed E-state index contributed by atoms with van der Waals surface area (Å²) in [5, 5.41) is 12.7. The minimum atomic E-state index is 0.357. The molecule has 128 valence electrons. The number of aryl methyl sites for hydroxylation is 1. The maximum Gasteiger partial charge on any atom is 0.139 e. The Balaban J connectivity index is 1.57. The Kier molecular flexibility index (Phi) is 4.89. The van der Waals surface area contributed by atoms with Gasteiger partial charge in [0.2, 0.25) is 0 Å². The molecule has 1 aromatic rings. The highest BCUT2D eigenvalue weighted by molar-refractivity contribution is 14.1. The van der Waals surface area contributed by atoms with Gasteiger partial charge in [0.1, 0.15) is 34.7 Å². The number of aromatic nitrogens is 3. The molecule has 7 heteroatoms. The molecular formula is C16H25IN4O2. The molecule has 1 N–H and O–H groups in total. The lowest BCUT2D eigenvalue weighted by atomic mass is 9.91. The second-order valence-corrected chi connectivity index (χ2v) is 7.87. The van der Waals surface area contributed by atoms with E-state index in [9.17, 15) is 0 Å². The smallest absolute Gasteiger partial charge is 0.139 e. The van der Waals surface area contributed by atoms with E-state index in [2.05, 4.69) is 27.0 Å². The number of piperidine rings is 1. The summed E-state index contributed by atoms with van der Waals surface area (Å²) in [6, 6.07) is 1.90. The molecule has 0 aromatic carbocycles. The summed E-state index contributed by atoms with van der Waals surface area (Å²) in [5.74, 6) is 3.05. The fourth-order valence-electron chi connectivity index (χ4n) is 4.69. The van der Waals surface area contributed by atoms with Crippen molar-refractivity contribution in [2.24, 2.45) is 5.92 Å². The summed E-state index contributed by atoms with van der Waals surface area (Å²) in [5.41, 5.74) is 0. The molecule has 0 spiro atoms. The van der Waals surface area contributed by atoms with Crippen LogP contribution >= 0.6 is 23.0 Å². The van der Waals surface area contributed by atoms with Crippen LogP contribution in [0.3, 0.4) is 0 Å². The third-order valence-corrected chi connectivity index (χ3v) is 6.24. The number of halogens is 1. The number of ether oxygens (including phenoxy) is 1. The molecule has 3 fully saturated rings. The van der Waals surface area contributed by atoms with Crippen molar-refractivity contribution in [1.29, 1.82) is 0 Å². The molecule has 0 aliphatic carbocycles. The summed E-state index contributed by atoms with van der Waals surface area (Å²) >= 11 is 1.97. The lowest BCUT2D eigenvalue weighted by Gasteiger charge is -2.32. The van der Waals surface area contributed by atoms with E-state index in [4.69, 9.17) is 7.80 Å². The SMILES string of the molecule is Cc1nnc(C2COC[C@H]2CCOI)n1C1CC2CCC(C1)N2. The van der Waals surface area contributed by atoms with Crippen LogP contribution in [-0.2, 0) is 7.80 Å². The zero-order valence-electron chi connectivity index (χ0n) is 13.6. The molecule has 6 nitrogen and oxygen atoms in total. The zero-order valence-corrected chi connectivity index (χ0v) is 15.7. The Morgan fingerprint density at radius 1 is 1.26 bits per heavy atom. The molecule has 3 aliphatic heterocycles. The first-order valence-electron chi connectivity index (χ1n) is 8.75. The number of nitrogens with zero attached hydrogens (tertiary/aromatic N) is 3. The van der Waals surface area contributed by atoms with Crippen molar-refractivity contribution >= 4 is 23.0 Å². The van der Waals surface area contributed by atoms with Gasteiger partial charge in [0.25, 0.3) is 0 Å². The number of rotatable bonds is 5. The van der Waals surface area contributed by atoms with Gasteiger partial charge in [-0.25, -0.2) is 0 Å². The normalized spacial score (nSPS) is 36.7. The second-order valence-electron chi connectivity index (χ2n) is 7.24. The quantitative estimate of drug-likeness (QED) is 0.725. The van der Waals surface area contributed by atoms with Crippen LogP contribution < -0.4 is 5.32 Å². The first-order chi connectivity index (χ1) is 11.3. The van der Waals surface area contributed by atoms with Crippen molar-refractivity contribution in [3.05, 3.63) is 11.6 Å². The lowest BCUT2D eigenvalue weighted by Crippen LogP contribution is -2.39. The predicted molar refractivity (Wildman–Crippen MR) is 94.6 cm³/mol. The summed E-state index contributed by atoms with van der Waals surface area (Å²) in [4.78, 5) is 0. The highest BCUT2D eigenvalue weighted by atomic mass is 127. The standard InChI is InChI=1S/C16H25IN4O2/c1-10-19-20-16(15-9-22-8-11(15)4-5-23-17)21(10)14-6-12-2-3-13(7-14)18-12/h11-15,18H,2-9H2,1H3/t11-,12?,13?,14?,15?/m1/s1. The van der Waals surface area contributed by atoms with Gasteiger partial charge in [-0.05, 0) is 44.9 Å². The summed E-state index contributed by atoms with van der Waals surface area (Å²) in [7, 11) is 0. The Morgan fingerprint density at radius 2 is 2.04 bits per heavy atom. The molecule has 4 atom stereocenters. The van der Waals surface area contributed by atoms with E-state index in [0.717, 1.165) is 37.9 Å². The Hall–Kier alpha value is -0.250. The number of hydrogen-bond donors (Lipinski definition) is 1. The third-order valence-electron chi connectivity index (χ3n) is 5.80. The van der Waals surface area contributed by atoms with Crippen LogP contribution in [0.2, 0.25) is 0 Å². The van der Waals surface area contributed by atoms with E-state index < -0.39 is 0 Å². The van der Waals surface area contributed by atoms with Crippen molar-refractivity contribution < 1.29 is 7.80 Å². The van der Waals surface area contributed by atoms with Gasteiger partial charge >= 0.3 is 0 Å². The Morgan fingerprint density at radius 3 is 2.78 bits per heavy atom. The van der Waals surface area contributed by atoms with Crippen molar-refractivity contribution in [2.75, 3.05) is 19.8 Å². The molecule has 1 aromatic heterocycles. The molecule has 3 aliphatic rings. The van der Waals surface area contributed by atoms with Gasteiger partial charge in [-0.2, -0.15) is 0 Å². The first-order valence-corrected chi connectivity index (χ1v) is 9.63. The molecule has 3 unspecified atom stereocenters. The van der Waals surface area contributed by atoms with E-state index in [0.29, 0.717) is 30.0 Å². The molecule has 2 bridgehead atoms. The zero-order chi connectivity index (χ0) is 15.8. The number of nitrogens with one attached hydrogen (secondary N) is 1. The van der Waals surface area contributed by atoms with Gasteiger partial charge in [-0.3, -0.25) is 0 Å². The Bertz CT molecular complexity index is 540. The monoisotopic (exact) mass is 432 g/mol. The molecule has 23 heavy (non-hydrogen) atoms. The van der Waals surface area contributed by atoms with Crippen LogP contribution in [0.25, 0.3) is 0 Å². The van der Waals surface area contributed by atoms with Gasteiger partial charge < -0.3 is 17.7 Å². The summed E-state index contributed by atoms with van der Waals surface area (Å²) in [6.45, 7) is 4.45. The fourth-order valence-corrected chi connectivity index (χ4v) is 4.95. The average Bonchev–Trinajstić information content (AvgIpc) is 3.24. The molecular weight excluding hydrogens is 407 g/mol. The van der Waals surface area contributed by atoms with E-state index >= 15 is 0 Å². The van der Waals surface area contributed by atoms with Gasteiger partial charge in [0, 0.05) is 24.0 Å². The molecule has 0 radical (unpaired) electrons. The van der Waals surface area contributed by atoms with Crippen LogP contribution in [0.1, 0.15) is 55.7 Å². The number of hydrogen-bond acceptors (Lipinski definition) is 5. The van der Waals surface area contributed by atoms with Crippen molar-refractivity contribution in [2.45, 2.75) is 63.1 Å². The van der Waals surface area contributed by atoms with Crippen molar-refractivity contribution in [3.8, 4) is 0 Å². The molecule has 4 rings (SSSR count). The maximum atomic E-state index is 5.78. The van der Waals surface area contributed by atoms with Gasteiger partial charge in [-0.1, -0.05) is 0 Å². The average molecular weight is 432 g/mol. The van der Waals surface area contributed by atoms with E-state index in [1.54, 1.807) is 0 Å². The highest BCUT2D eigenvalue weighted by Crippen LogP contribution is 2.39. The second kappa shape index (κ2) is 6.93. The van der Waals surface area contributed by atoms with Gasteiger partial charge in [-0.15, -0.1) is 10.2 Å². The lowest BCUT2D eigenvalue weighted by molar-refractivity contribution is 0.179. The van der Waals surface area contributed by atoms with Crippen LogP contribution in [-0.4, -0.2) is 46.7 Å². The largest absolute Gasteiger partial charge is 0.380 e. The maximum absolute atomic E-state index is 5.78. The van der Waals surface area contributed by atoms with Crippen LogP contribution in [0, 0.1) is 12.8 Å². The molecule has 3 saturated heterocycles. The van der Waals surface area contributed by atoms with Gasteiger partial charge in [0.15, 0.2) is 0 Å². The minimum absolute atomic E-state index is 0.357. The van der Waals surface area contributed by atoms with E-state index in [-0.39, 0.29) is 0 Å². The first kappa shape index (κ1) is 16.2. The molecule has 4 heterocycles. The highest BCUT2D eigenvalue weighted by Gasteiger charge is 2.39. The topological polar surface area (TPSA) is 61.2 Å². The van der Waals surface area contributed by atoms with Crippen LogP contribution in [0.4, 0.5) is 0 Å². The van der Waals surface area contributed by atoms with E-state index in [1.807, 2.05) is 23.0 Å².